The van der Waals surface area contributed by atoms with Crippen LogP contribution in [0, 0.1) is 4.78 Å². The van der Waals surface area contributed by atoms with E-state index in [0.717, 1.165) is 16.7 Å². The van der Waals surface area contributed by atoms with E-state index in [1.165, 1.54) is 0 Å². The molecule has 0 spiro atoms. The molecular weight excluding hydrogens is 428 g/mol. The Labute approximate surface area is 186 Å². The molecule has 0 aliphatic heterocycles. The molecule has 1 atom stereocenters. The minimum atomic E-state index is -3.17. The Balaban J connectivity index is 1.40. The summed E-state index contributed by atoms with van der Waals surface area (Å²) >= 11 is 0. The van der Waals surface area contributed by atoms with E-state index < -0.39 is 9.92 Å². The average molecular weight is 451 g/mol. The second-order valence-electron chi connectivity index (χ2n) is 6.75. The van der Waals surface area contributed by atoms with Crippen LogP contribution in [-0.4, -0.2) is 34.4 Å². The van der Waals surface area contributed by atoms with Gasteiger partial charge in [-0.2, -0.15) is 0 Å². The number of methoxy groups -OCH3 is 1. The van der Waals surface area contributed by atoms with Gasteiger partial charge in [-0.05, 0) is 54.6 Å². The molecule has 4 aromatic rings. The lowest BCUT2D eigenvalue weighted by molar-refractivity contribution is 0.323. The zero-order valence-corrected chi connectivity index (χ0v) is 18.2. The number of benzene rings is 2. The minimum Gasteiger partial charge on any atom is -0.497 e. The molecule has 0 aliphatic rings. The van der Waals surface area contributed by atoms with Crippen LogP contribution in [0.2, 0.25) is 0 Å². The number of ether oxygens (including phenoxy) is 3. The van der Waals surface area contributed by atoms with Crippen LogP contribution in [-0.2, 0) is 9.92 Å². The molecule has 0 radical (unpaired) electrons. The number of pyridine rings is 2. The fourth-order valence-electron chi connectivity index (χ4n) is 3.02. The summed E-state index contributed by atoms with van der Waals surface area (Å²) in [5.41, 5.74) is 0.755. The molecule has 164 valence electrons. The number of aromatic nitrogens is 2. The highest BCUT2D eigenvalue weighted by Crippen LogP contribution is 2.31. The van der Waals surface area contributed by atoms with Crippen molar-refractivity contribution in [3.8, 4) is 23.0 Å². The van der Waals surface area contributed by atoms with E-state index in [2.05, 4.69) is 14.7 Å². The molecular formula is C23H22N4O4S. The normalized spacial score (nSPS) is 12.8. The molecule has 4 rings (SSSR count). The van der Waals surface area contributed by atoms with Gasteiger partial charge in [0.25, 0.3) is 0 Å². The van der Waals surface area contributed by atoms with Gasteiger partial charge < -0.3 is 14.2 Å². The third-order valence-corrected chi connectivity index (χ3v) is 6.17. The Bertz CT molecular complexity index is 1300. The van der Waals surface area contributed by atoms with Gasteiger partial charge in [-0.25, -0.2) is 13.7 Å². The monoisotopic (exact) mass is 450 g/mol. The molecule has 0 bridgehead atoms. The SMILES string of the molecule is COc1ccc2c(Oc3ccc(S(=N)(=O)NCCOc4ccncc4)cc3)ccnc2c1. The van der Waals surface area contributed by atoms with Crippen LogP contribution in [0.3, 0.4) is 0 Å². The van der Waals surface area contributed by atoms with Crippen molar-refractivity contribution in [2.24, 2.45) is 0 Å². The van der Waals surface area contributed by atoms with Crippen molar-refractivity contribution in [3.63, 3.8) is 0 Å². The topological polar surface area (TPSA) is 106 Å². The van der Waals surface area contributed by atoms with Crippen molar-refractivity contribution < 1.29 is 18.4 Å². The third-order valence-electron chi connectivity index (χ3n) is 4.62. The van der Waals surface area contributed by atoms with Gasteiger partial charge in [-0.15, -0.1) is 0 Å². The van der Waals surface area contributed by atoms with E-state index in [4.69, 9.17) is 19.0 Å². The van der Waals surface area contributed by atoms with Crippen molar-refractivity contribution in [1.82, 2.24) is 14.7 Å². The van der Waals surface area contributed by atoms with Gasteiger partial charge in [0.15, 0.2) is 0 Å². The summed E-state index contributed by atoms with van der Waals surface area (Å²) < 4.78 is 40.4. The van der Waals surface area contributed by atoms with Gasteiger partial charge in [-0.1, -0.05) is 0 Å². The van der Waals surface area contributed by atoms with Crippen LogP contribution in [0.25, 0.3) is 10.9 Å². The van der Waals surface area contributed by atoms with Gasteiger partial charge in [0.2, 0.25) is 0 Å². The number of nitrogens with one attached hydrogen (secondary N) is 2. The Hall–Kier alpha value is -3.69. The Kier molecular flexibility index (Phi) is 6.48. The molecule has 2 aromatic heterocycles. The summed E-state index contributed by atoms with van der Waals surface area (Å²) in [6, 6.07) is 17.4. The zero-order chi connectivity index (χ0) is 22.4. The van der Waals surface area contributed by atoms with Crippen molar-refractivity contribution in [3.05, 3.63) is 79.3 Å². The number of rotatable bonds is 9. The summed E-state index contributed by atoms with van der Waals surface area (Å²) in [5, 5.41) is 0.845. The number of hydrogen-bond acceptors (Lipinski definition) is 7. The van der Waals surface area contributed by atoms with Gasteiger partial charge in [0.1, 0.15) is 39.5 Å². The Morgan fingerprint density at radius 1 is 0.938 bits per heavy atom. The van der Waals surface area contributed by atoms with Crippen LogP contribution >= 0.6 is 0 Å². The van der Waals surface area contributed by atoms with Crippen LogP contribution in [0.15, 0.2) is 84.1 Å². The summed E-state index contributed by atoms with van der Waals surface area (Å²) in [6.45, 7) is 0.538. The van der Waals surface area contributed by atoms with E-state index in [9.17, 15) is 4.21 Å². The molecule has 2 aromatic carbocycles. The average Bonchev–Trinajstić information content (AvgIpc) is 2.83. The maximum Gasteiger partial charge on any atom is 0.138 e. The first-order chi connectivity index (χ1) is 15.5. The zero-order valence-electron chi connectivity index (χ0n) is 17.4. The standard InChI is InChI=1S/C23H22N4O4S/c1-29-19-4-7-21-22(16-19)26-13-10-23(21)31-18-2-5-20(6-3-18)32(24,28)27-14-15-30-17-8-11-25-12-9-17/h2-13,16H,14-15H2,1H3,(H2,24,27,28). The molecule has 8 nitrogen and oxygen atoms in total. The van der Waals surface area contributed by atoms with Gasteiger partial charge in [0, 0.05) is 36.6 Å². The molecule has 9 heteroatoms. The third kappa shape index (κ3) is 5.13. The molecule has 32 heavy (non-hydrogen) atoms. The van der Waals surface area contributed by atoms with E-state index in [1.807, 2.05) is 18.2 Å². The maximum atomic E-state index is 12.7. The highest BCUT2D eigenvalue weighted by atomic mass is 32.2. The van der Waals surface area contributed by atoms with Crippen molar-refractivity contribution >= 4 is 20.8 Å². The van der Waals surface area contributed by atoms with Crippen molar-refractivity contribution in [2.75, 3.05) is 20.3 Å². The fraction of sp³-hybridized carbons (Fsp3) is 0.130. The first kappa shape index (κ1) is 21.5. The minimum absolute atomic E-state index is 0.259. The molecule has 0 fully saturated rings. The van der Waals surface area contributed by atoms with E-state index in [-0.39, 0.29) is 13.2 Å². The lowest BCUT2D eigenvalue weighted by Crippen LogP contribution is -2.27. The van der Waals surface area contributed by atoms with Crippen LogP contribution in [0.1, 0.15) is 0 Å². The highest BCUT2D eigenvalue weighted by molar-refractivity contribution is 7.90. The van der Waals surface area contributed by atoms with Crippen LogP contribution in [0.4, 0.5) is 0 Å². The smallest absolute Gasteiger partial charge is 0.138 e. The molecule has 2 N–H and O–H groups in total. The molecule has 0 aliphatic carbocycles. The summed E-state index contributed by atoms with van der Waals surface area (Å²) in [5.74, 6) is 2.59. The maximum absolute atomic E-state index is 12.7. The van der Waals surface area contributed by atoms with Crippen LogP contribution in [0.5, 0.6) is 23.0 Å². The summed E-state index contributed by atoms with van der Waals surface area (Å²) in [6.07, 6.45) is 4.93. The number of fused-ring (bicyclic) bond motifs is 1. The quantitative estimate of drug-likeness (QED) is 0.366. The molecule has 1 unspecified atom stereocenters. The van der Waals surface area contributed by atoms with Crippen molar-refractivity contribution in [2.45, 2.75) is 4.90 Å². The van der Waals surface area contributed by atoms with E-state index in [0.29, 0.717) is 22.1 Å². The van der Waals surface area contributed by atoms with Crippen LogP contribution < -0.4 is 18.9 Å². The predicted octanol–water partition coefficient (Wildman–Crippen LogP) is 4.42. The predicted molar refractivity (Wildman–Crippen MR) is 122 cm³/mol. The van der Waals surface area contributed by atoms with Gasteiger partial charge in [-0.3, -0.25) is 9.97 Å². The second-order valence-corrected chi connectivity index (χ2v) is 8.62. The lowest BCUT2D eigenvalue weighted by atomic mass is 10.2. The summed E-state index contributed by atoms with van der Waals surface area (Å²) in [4.78, 5) is 8.63. The molecule has 0 saturated heterocycles. The second kappa shape index (κ2) is 9.63. The number of nitrogens with zero attached hydrogens (tertiary/aromatic N) is 2. The Morgan fingerprint density at radius 2 is 1.69 bits per heavy atom. The first-order valence-electron chi connectivity index (χ1n) is 9.82. The highest BCUT2D eigenvalue weighted by Gasteiger charge is 2.11. The molecule has 0 saturated carbocycles. The van der Waals surface area contributed by atoms with E-state index in [1.54, 1.807) is 68.2 Å². The Morgan fingerprint density at radius 3 is 2.44 bits per heavy atom. The number of hydrogen-bond donors (Lipinski definition) is 2. The molecule has 0 amide bonds. The fourth-order valence-corrected chi connectivity index (χ4v) is 4.07. The van der Waals surface area contributed by atoms with Crippen molar-refractivity contribution in [1.29, 1.82) is 4.78 Å². The lowest BCUT2D eigenvalue weighted by Gasteiger charge is -2.12. The summed E-state index contributed by atoms with van der Waals surface area (Å²) in [7, 11) is -1.56. The van der Waals surface area contributed by atoms with Gasteiger partial charge >= 0.3 is 0 Å². The largest absolute Gasteiger partial charge is 0.497 e. The first-order valence-corrected chi connectivity index (χ1v) is 11.4. The van der Waals surface area contributed by atoms with Gasteiger partial charge in [0.05, 0.1) is 17.5 Å². The molecule has 2 heterocycles. The van der Waals surface area contributed by atoms with E-state index >= 15 is 0 Å².